The maximum Gasteiger partial charge on any atom is 0.262 e. The highest BCUT2D eigenvalue weighted by atomic mass is 32.2. The van der Waals surface area contributed by atoms with Gasteiger partial charge in [-0.2, -0.15) is 11.8 Å². The Balaban J connectivity index is 2.17. The van der Waals surface area contributed by atoms with Gasteiger partial charge in [0.15, 0.2) is 0 Å². The molecule has 2 heterocycles. The lowest BCUT2D eigenvalue weighted by Gasteiger charge is -2.28. The second-order valence-corrected chi connectivity index (χ2v) is 5.62. The molecule has 1 aliphatic heterocycles. The predicted octanol–water partition coefficient (Wildman–Crippen LogP) is 1.49. The van der Waals surface area contributed by atoms with Gasteiger partial charge in [0.05, 0.1) is 10.9 Å². The summed E-state index contributed by atoms with van der Waals surface area (Å²) in [5.41, 5.74) is 0.822. The molecule has 0 unspecified atom stereocenters. The van der Waals surface area contributed by atoms with Gasteiger partial charge >= 0.3 is 0 Å². The van der Waals surface area contributed by atoms with Crippen molar-refractivity contribution < 1.29 is 0 Å². The second kappa shape index (κ2) is 4.65. The molecule has 0 spiro atoms. The van der Waals surface area contributed by atoms with Crippen LogP contribution >= 0.6 is 11.8 Å². The number of aromatic nitrogens is 2. The monoisotopic (exact) mass is 261 g/mol. The fourth-order valence-electron chi connectivity index (χ4n) is 2.25. The standard InChI is InChI=1S/C13H15N3OS/c1-15-12(17)10-4-2-3-5-11(10)14-13(15)16-6-8-18-9-7-16/h2-5H,6-9H2,1H3. The van der Waals surface area contributed by atoms with Crippen LogP contribution in [0.15, 0.2) is 29.1 Å². The predicted molar refractivity (Wildman–Crippen MR) is 76.5 cm³/mol. The number of nitrogens with zero attached hydrogens (tertiary/aromatic N) is 3. The normalized spacial score (nSPS) is 16.2. The Labute approximate surface area is 110 Å². The van der Waals surface area contributed by atoms with Crippen molar-refractivity contribution in [1.29, 1.82) is 0 Å². The molecule has 0 aliphatic carbocycles. The summed E-state index contributed by atoms with van der Waals surface area (Å²) >= 11 is 1.95. The van der Waals surface area contributed by atoms with Gasteiger partial charge in [-0.1, -0.05) is 12.1 Å². The molecule has 5 heteroatoms. The molecule has 0 amide bonds. The molecule has 4 nitrogen and oxygen atoms in total. The van der Waals surface area contributed by atoms with E-state index in [1.165, 1.54) is 0 Å². The summed E-state index contributed by atoms with van der Waals surface area (Å²) in [4.78, 5) is 19.1. The molecule has 0 saturated carbocycles. The van der Waals surface area contributed by atoms with Gasteiger partial charge in [0.1, 0.15) is 0 Å². The molecule has 2 aromatic rings. The van der Waals surface area contributed by atoms with Gasteiger partial charge in [0.25, 0.3) is 5.56 Å². The van der Waals surface area contributed by atoms with E-state index in [2.05, 4.69) is 9.88 Å². The van der Waals surface area contributed by atoms with Crippen LogP contribution in [0.4, 0.5) is 5.95 Å². The van der Waals surface area contributed by atoms with Crippen molar-refractivity contribution in [2.24, 2.45) is 7.05 Å². The van der Waals surface area contributed by atoms with E-state index in [4.69, 9.17) is 0 Å². The molecule has 18 heavy (non-hydrogen) atoms. The number of benzene rings is 1. The Bertz CT molecular complexity index is 632. The zero-order valence-corrected chi connectivity index (χ0v) is 11.1. The van der Waals surface area contributed by atoms with E-state index in [0.29, 0.717) is 5.39 Å². The van der Waals surface area contributed by atoms with E-state index in [1.54, 1.807) is 11.6 Å². The quantitative estimate of drug-likeness (QED) is 0.779. The molecule has 1 saturated heterocycles. The summed E-state index contributed by atoms with van der Waals surface area (Å²) in [6.07, 6.45) is 0. The average Bonchev–Trinajstić information content (AvgIpc) is 2.44. The Morgan fingerprint density at radius 2 is 1.94 bits per heavy atom. The van der Waals surface area contributed by atoms with Crippen LogP contribution < -0.4 is 10.5 Å². The minimum Gasteiger partial charge on any atom is -0.341 e. The third kappa shape index (κ3) is 1.88. The second-order valence-electron chi connectivity index (χ2n) is 4.39. The van der Waals surface area contributed by atoms with Crippen LogP contribution in [-0.2, 0) is 7.05 Å². The van der Waals surface area contributed by atoms with E-state index >= 15 is 0 Å². The molecule has 0 N–H and O–H groups in total. The number of thioether (sulfide) groups is 1. The van der Waals surface area contributed by atoms with Gasteiger partial charge in [-0.05, 0) is 12.1 Å². The van der Waals surface area contributed by atoms with Crippen LogP contribution in [0.5, 0.6) is 0 Å². The van der Waals surface area contributed by atoms with Crippen LogP contribution in [0.3, 0.4) is 0 Å². The van der Waals surface area contributed by atoms with Crippen LogP contribution in [-0.4, -0.2) is 34.1 Å². The molecular formula is C13H15N3OS. The van der Waals surface area contributed by atoms with Crippen LogP contribution in [0.1, 0.15) is 0 Å². The van der Waals surface area contributed by atoms with Crippen molar-refractivity contribution in [2.75, 3.05) is 29.5 Å². The highest BCUT2D eigenvalue weighted by Gasteiger charge is 2.16. The average molecular weight is 261 g/mol. The number of rotatable bonds is 1. The first-order valence-electron chi connectivity index (χ1n) is 6.06. The summed E-state index contributed by atoms with van der Waals surface area (Å²) < 4.78 is 1.66. The van der Waals surface area contributed by atoms with E-state index in [1.807, 2.05) is 36.0 Å². The SMILES string of the molecule is Cn1c(N2CCSCC2)nc2ccccc2c1=O. The number of fused-ring (bicyclic) bond motifs is 1. The highest BCUT2D eigenvalue weighted by Crippen LogP contribution is 2.18. The lowest BCUT2D eigenvalue weighted by Crippen LogP contribution is -2.37. The molecular weight excluding hydrogens is 246 g/mol. The minimum atomic E-state index is 0.0360. The van der Waals surface area contributed by atoms with Crippen LogP contribution in [0.25, 0.3) is 10.9 Å². The third-order valence-corrected chi connectivity index (χ3v) is 4.20. The lowest BCUT2D eigenvalue weighted by atomic mass is 10.2. The van der Waals surface area contributed by atoms with Gasteiger partial charge in [0, 0.05) is 31.6 Å². The molecule has 0 bridgehead atoms. The smallest absolute Gasteiger partial charge is 0.262 e. The topological polar surface area (TPSA) is 38.1 Å². The van der Waals surface area contributed by atoms with Crippen molar-refractivity contribution in [3.8, 4) is 0 Å². The number of anilines is 1. The fraction of sp³-hybridized carbons (Fsp3) is 0.385. The van der Waals surface area contributed by atoms with Gasteiger partial charge in [-0.25, -0.2) is 4.98 Å². The molecule has 1 aliphatic rings. The number of hydrogen-bond donors (Lipinski definition) is 0. The summed E-state index contributed by atoms with van der Waals surface area (Å²) in [5.74, 6) is 2.99. The van der Waals surface area contributed by atoms with Crippen molar-refractivity contribution in [3.05, 3.63) is 34.6 Å². The third-order valence-electron chi connectivity index (χ3n) is 3.25. The summed E-state index contributed by atoms with van der Waals surface area (Å²) in [6.45, 7) is 1.92. The number of para-hydroxylation sites is 1. The first-order chi connectivity index (χ1) is 8.77. The summed E-state index contributed by atoms with van der Waals surface area (Å²) in [6, 6.07) is 7.53. The fourth-order valence-corrected chi connectivity index (χ4v) is 3.16. The molecule has 1 aromatic heterocycles. The maximum atomic E-state index is 12.3. The van der Waals surface area contributed by atoms with Crippen molar-refractivity contribution >= 4 is 28.6 Å². The number of hydrogen-bond acceptors (Lipinski definition) is 4. The van der Waals surface area contributed by atoms with Crippen molar-refractivity contribution in [1.82, 2.24) is 9.55 Å². The summed E-state index contributed by atoms with van der Waals surface area (Å²) in [5, 5.41) is 0.690. The molecule has 0 atom stereocenters. The minimum absolute atomic E-state index is 0.0360. The Morgan fingerprint density at radius 3 is 2.72 bits per heavy atom. The first-order valence-corrected chi connectivity index (χ1v) is 7.21. The zero-order valence-electron chi connectivity index (χ0n) is 10.3. The Morgan fingerprint density at radius 1 is 1.22 bits per heavy atom. The van der Waals surface area contributed by atoms with Crippen molar-refractivity contribution in [3.63, 3.8) is 0 Å². The van der Waals surface area contributed by atoms with Gasteiger partial charge in [-0.15, -0.1) is 0 Å². The van der Waals surface area contributed by atoms with E-state index in [9.17, 15) is 4.79 Å². The Hall–Kier alpha value is -1.49. The van der Waals surface area contributed by atoms with Crippen LogP contribution in [0.2, 0.25) is 0 Å². The largest absolute Gasteiger partial charge is 0.341 e. The van der Waals surface area contributed by atoms with Crippen molar-refractivity contribution in [2.45, 2.75) is 0 Å². The Kier molecular flexibility index (Phi) is 2.99. The van der Waals surface area contributed by atoms with Crippen LogP contribution in [0, 0.1) is 0 Å². The molecule has 1 fully saturated rings. The van der Waals surface area contributed by atoms with Gasteiger partial charge < -0.3 is 4.90 Å². The summed E-state index contributed by atoms with van der Waals surface area (Å²) in [7, 11) is 1.80. The first kappa shape index (κ1) is 11.6. The molecule has 3 rings (SSSR count). The van der Waals surface area contributed by atoms with Gasteiger partial charge in [-0.3, -0.25) is 9.36 Å². The van der Waals surface area contributed by atoms with Gasteiger partial charge in [0.2, 0.25) is 5.95 Å². The van der Waals surface area contributed by atoms with E-state index in [0.717, 1.165) is 36.1 Å². The molecule has 0 radical (unpaired) electrons. The molecule has 1 aromatic carbocycles. The maximum absolute atomic E-state index is 12.3. The highest BCUT2D eigenvalue weighted by molar-refractivity contribution is 7.99. The van der Waals surface area contributed by atoms with E-state index < -0.39 is 0 Å². The molecule has 94 valence electrons. The zero-order chi connectivity index (χ0) is 12.5. The lowest BCUT2D eigenvalue weighted by molar-refractivity contribution is 0.742. The van der Waals surface area contributed by atoms with E-state index in [-0.39, 0.29) is 5.56 Å².